The van der Waals surface area contributed by atoms with Crippen molar-refractivity contribution in [3.63, 3.8) is 0 Å². The molecule has 0 aromatic carbocycles. The van der Waals surface area contributed by atoms with Crippen molar-refractivity contribution < 1.29 is 4.39 Å². The zero-order valence-corrected chi connectivity index (χ0v) is 15.8. The monoisotopic (exact) mass is 387 g/mol. The summed E-state index contributed by atoms with van der Waals surface area (Å²) in [5.74, 6) is 7.02. The van der Waals surface area contributed by atoms with Crippen LogP contribution in [0.15, 0.2) is 21.9 Å². The van der Waals surface area contributed by atoms with Gasteiger partial charge in [-0.3, -0.25) is 9.20 Å². The smallest absolute Gasteiger partial charge is 0.354 e. The molecule has 3 unspecified atom stereocenters. The highest BCUT2D eigenvalue weighted by molar-refractivity contribution is 5.68. The van der Waals surface area contributed by atoms with E-state index in [9.17, 15) is 14.0 Å². The molecule has 150 valence electrons. The van der Waals surface area contributed by atoms with Crippen LogP contribution in [-0.4, -0.2) is 28.2 Å². The van der Waals surface area contributed by atoms with Gasteiger partial charge >= 0.3 is 5.69 Å². The molecular weight excluding hydrogens is 361 g/mol. The topological polar surface area (TPSA) is 98.8 Å². The van der Waals surface area contributed by atoms with Gasteiger partial charge in [-0.15, -0.1) is 0 Å². The maximum atomic E-state index is 13.9. The Hall–Kier alpha value is -2.35. The van der Waals surface area contributed by atoms with E-state index >= 15 is 0 Å². The summed E-state index contributed by atoms with van der Waals surface area (Å²) >= 11 is 0. The Morgan fingerprint density at radius 1 is 1.21 bits per heavy atom. The Bertz CT molecular complexity index is 1060. The van der Waals surface area contributed by atoms with Gasteiger partial charge in [0.05, 0.1) is 5.52 Å². The summed E-state index contributed by atoms with van der Waals surface area (Å²) in [5.41, 5.74) is 7.28. The van der Waals surface area contributed by atoms with Crippen LogP contribution < -0.4 is 27.7 Å². The zero-order valence-electron chi connectivity index (χ0n) is 15.8. The first-order chi connectivity index (χ1) is 13.5. The van der Waals surface area contributed by atoms with E-state index in [1.165, 1.54) is 10.6 Å². The molecule has 28 heavy (non-hydrogen) atoms. The van der Waals surface area contributed by atoms with E-state index in [-0.39, 0.29) is 5.92 Å². The number of rotatable bonds is 5. The number of halogens is 1. The van der Waals surface area contributed by atoms with Crippen LogP contribution in [0.4, 0.5) is 10.1 Å². The Labute approximate surface area is 161 Å². The second-order valence-corrected chi connectivity index (χ2v) is 8.71. The predicted octanol–water partition coefficient (Wildman–Crippen LogP) is 1.09. The van der Waals surface area contributed by atoms with Crippen LogP contribution >= 0.6 is 0 Å². The maximum Gasteiger partial charge on any atom is 0.354 e. The highest BCUT2D eigenvalue weighted by Crippen LogP contribution is 2.42. The Kier molecular flexibility index (Phi) is 4.01. The fraction of sp³-hybridized carbons (Fsp3) is 0.600. The molecule has 0 bridgehead atoms. The van der Waals surface area contributed by atoms with Crippen molar-refractivity contribution in [1.82, 2.24) is 9.08 Å². The largest absolute Gasteiger partial charge is 0.371 e. The molecule has 2 aliphatic carbocycles. The van der Waals surface area contributed by atoms with Gasteiger partial charge in [-0.2, -0.15) is 4.68 Å². The predicted molar refractivity (Wildman–Crippen MR) is 106 cm³/mol. The van der Waals surface area contributed by atoms with E-state index in [1.807, 2.05) is 6.07 Å². The van der Waals surface area contributed by atoms with Crippen LogP contribution in [0.1, 0.15) is 49.1 Å². The molecule has 8 heteroatoms. The summed E-state index contributed by atoms with van der Waals surface area (Å²) in [6.45, 7) is 1.05. The maximum absolute atomic E-state index is 13.9. The van der Waals surface area contributed by atoms with E-state index in [0.29, 0.717) is 39.2 Å². The Morgan fingerprint density at radius 2 is 1.96 bits per heavy atom. The van der Waals surface area contributed by atoms with Crippen molar-refractivity contribution in [1.29, 1.82) is 0 Å². The molecule has 0 amide bonds. The molecule has 0 radical (unpaired) electrons. The van der Waals surface area contributed by atoms with E-state index in [2.05, 4.69) is 4.90 Å². The SMILES string of the molecule is NC1CC1CC1CCN(c2cc3c(C4CC4)c(=O)n(N)c(=O)n3cc2CF)C1. The van der Waals surface area contributed by atoms with E-state index < -0.39 is 17.9 Å². The molecule has 1 aliphatic heterocycles. The molecule has 3 atom stereocenters. The first kappa shape index (κ1) is 17.7. The lowest BCUT2D eigenvalue weighted by Gasteiger charge is -2.23. The molecule has 1 saturated heterocycles. The fourth-order valence-electron chi connectivity index (χ4n) is 4.76. The van der Waals surface area contributed by atoms with E-state index in [4.69, 9.17) is 11.6 Å². The molecule has 3 fully saturated rings. The van der Waals surface area contributed by atoms with Gasteiger partial charge in [0.15, 0.2) is 0 Å². The van der Waals surface area contributed by atoms with Gasteiger partial charge < -0.3 is 16.5 Å². The highest BCUT2D eigenvalue weighted by atomic mass is 19.1. The van der Waals surface area contributed by atoms with Crippen molar-refractivity contribution in [3.05, 3.63) is 44.2 Å². The minimum absolute atomic E-state index is 0.129. The molecule has 3 heterocycles. The van der Waals surface area contributed by atoms with Gasteiger partial charge in [-0.25, -0.2) is 9.18 Å². The minimum atomic E-state index is -0.672. The summed E-state index contributed by atoms with van der Waals surface area (Å²) in [6, 6.07) is 2.18. The number of alkyl halides is 1. The van der Waals surface area contributed by atoms with Crippen molar-refractivity contribution >= 4 is 11.2 Å². The average Bonchev–Trinajstić information content (AvgIpc) is 3.59. The minimum Gasteiger partial charge on any atom is -0.371 e. The van der Waals surface area contributed by atoms with E-state index in [0.717, 1.165) is 50.9 Å². The van der Waals surface area contributed by atoms with Gasteiger partial charge in [0.1, 0.15) is 6.67 Å². The van der Waals surface area contributed by atoms with Crippen molar-refractivity contribution in [3.8, 4) is 0 Å². The third kappa shape index (κ3) is 2.82. The average molecular weight is 387 g/mol. The molecule has 7 nitrogen and oxygen atoms in total. The lowest BCUT2D eigenvalue weighted by atomic mass is 10.0. The number of aromatic nitrogens is 2. The van der Waals surface area contributed by atoms with Crippen LogP contribution in [0.25, 0.3) is 5.52 Å². The first-order valence-corrected chi connectivity index (χ1v) is 10.1. The summed E-state index contributed by atoms with van der Waals surface area (Å²) in [7, 11) is 0. The summed E-state index contributed by atoms with van der Waals surface area (Å²) in [6.07, 6.45) is 6.65. The lowest BCUT2D eigenvalue weighted by Crippen LogP contribution is -2.44. The number of anilines is 1. The van der Waals surface area contributed by atoms with Gasteiger partial charge in [0.2, 0.25) is 0 Å². The summed E-state index contributed by atoms with van der Waals surface area (Å²) in [4.78, 5) is 27.3. The molecular formula is C20H26FN5O2. The van der Waals surface area contributed by atoms with Crippen molar-refractivity contribution in [2.75, 3.05) is 23.8 Å². The molecule has 4 N–H and O–H groups in total. The number of nitrogen functional groups attached to an aromatic ring is 1. The lowest BCUT2D eigenvalue weighted by molar-refractivity contribution is 0.481. The summed E-state index contributed by atoms with van der Waals surface area (Å²) < 4.78 is 15.8. The Balaban J connectivity index is 1.57. The van der Waals surface area contributed by atoms with Crippen molar-refractivity contribution in [2.45, 2.75) is 50.7 Å². The number of pyridine rings is 1. The van der Waals surface area contributed by atoms with Gasteiger partial charge in [-0.05, 0) is 55.9 Å². The van der Waals surface area contributed by atoms with Gasteiger partial charge in [0.25, 0.3) is 5.56 Å². The number of nitrogens with two attached hydrogens (primary N) is 2. The number of nitrogens with zero attached hydrogens (tertiary/aromatic N) is 3. The highest BCUT2D eigenvalue weighted by Gasteiger charge is 2.37. The molecule has 2 aromatic rings. The number of hydrogen-bond acceptors (Lipinski definition) is 5. The van der Waals surface area contributed by atoms with Gasteiger partial charge in [-0.1, -0.05) is 0 Å². The molecule has 5 rings (SSSR count). The van der Waals surface area contributed by atoms with Crippen LogP contribution in [0.2, 0.25) is 0 Å². The third-order valence-electron chi connectivity index (χ3n) is 6.65. The van der Waals surface area contributed by atoms with Crippen LogP contribution in [0, 0.1) is 11.8 Å². The normalized spacial score (nSPS) is 26.9. The second-order valence-electron chi connectivity index (χ2n) is 8.71. The quantitative estimate of drug-likeness (QED) is 0.748. The standard InChI is InChI=1S/C20H26FN5O2/c21-8-14-10-25-17(18(12-1-2-12)19(27)26(23)20(25)28)7-16(14)24-4-3-11(9-24)5-13-6-15(13)22/h7,10-13,15H,1-6,8-9,22-23H2. The van der Waals surface area contributed by atoms with Crippen LogP contribution in [0.3, 0.4) is 0 Å². The van der Waals surface area contributed by atoms with Crippen molar-refractivity contribution in [2.24, 2.45) is 17.6 Å². The molecule has 2 saturated carbocycles. The molecule has 2 aromatic heterocycles. The zero-order chi connectivity index (χ0) is 19.6. The Morgan fingerprint density at radius 3 is 2.61 bits per heavy atom. The number of hydrogen-bond donors (Lipinski definition) is 2. The molecule has 0 spiro atoms. The number of fused-ring (bicyclic) bond motifs is 1. The van der Waals surface area contributed by atoms with Crippen LogP contribution in [0.5, 0.6) is 0 Å². The molecule has 3 aliphatic rings. The van der Waals surface area contributed by atoms with Crippen LogP contribution in [-0.2, 0) is 6.67 Å². The second kappa shape index (κ2) is 6.34. The fourth-order valence-corrected chi connectivity index (χ4v) is 4.76. The third-order valence-corrected chi connectivity index (χ3v) is 6.65. The van der Waals surface area contributed by atoms with E-state index in [1.54, 1.807) is 0 Å². The summed E-state index contributed by atoms with van der Waals surface area (Å²) in [5, 5.41) is 0. The first-order valence-electron chi connectivity index (χ1n) is 10.1. The van der Waals surface area contributed by atoms with Gasteiger partial charge in [0, 0.05) is 42.1 Å².